The number of ether oxygens (including phenoxy) is 1. The summed E-state index contributed by atoms with van der Waals surface area (Å²) in [7, 11) is 0. The molecule has 0 radical (unpaired) electrons. The van der Waals surface area contributed by atoms with Gasteiger partial charge >= 0.3 is 0 Å². The van der Waals surface area contributed by atoms with E-state index in [2.05, 4.69) is 15.2 Å². The number of rotatable bonds is 4. The van der Waals surface area contributed by atoms with E-state index in [0.717, 1.165) is 13.0 Å². The lowest BCUT2D eigenvalue weighted by molar-refractivity contribution is -0.0566. The second-order valence-corrected chi connectivity index (χ2v) is 7.22. The first-order chi connectivity index (χ1) is 13.0. The molecule has 3 N–H and O–H groups in total. The van der Waals surface area contributed by atoms with E-state index in [0.29, 0.717) is 30.5 Å². The second kappa shape index (κ2) is 7.38. The van der Waals surface area contributed by atoms with Crippen molar-refractivity contribution < 1.29 is 19.0 Å². The summed E-state index contributed by atoms with van der Waals surface area (Å²) in [6, 6.07) is 5.43. The van der Waals surface area contributed by atoms with E-state index in [-0.39, 0.29) is 36.3 Å². The summed E-state index contributed by atoms with van der Waals surface area (Å²) < 4.78 is 19.2. The average Bonchev–Trinajstić information content (AvgIpc) is 3.02. The highest BCUT2D eigenvalue weighted by Crippen LogP contribution is 2.25. The summed E-state index contributed by atoms with van der Waals surface area (Å²) in [4.78, 5) is 29.5. The highest BCUT2D eigenvalue weighted by molar-refractivity contribution is 6.06. The Morgan fingerprint density at radius 1 is 1.37 bits per heavy atom. The van der Waals surface area contributed by atoms with E-state index >= 15 is 0 Å². The van der Waals surface area contributed by atoms with Gasteiger partial charge in [0.25, 0.3) is 5.91 Å². The molecule has 0 unspecified atom stereocenters. The van der Waals surface area contributed by atoms with Gasteiger partial charge in [0.1, 0.15) is 5.82 Å². The van der Waals surface area contributed by atoms with Crippen LogP contribution in [0, 0.1) is 5.82 Å². The Labute approximate surface area is 155 Å². The summed E-state index contributed by atoms with van der Waals surface area (Å²) in [6.07, 6.45) is 1.40. The van der Waals surface area contributed by atoms with Gasteiger partial charge < -0.3 is 20.1 Å². The number of aromatic nitrogens is 1. The predicted molar refractivity (Wildman–Crippen MR) is 97.2 cm³/mol. The lowest BCUT2D eigenvalue weighted by atomic mass is 10.1. The van der Waals surface area contributed by atoms with Gasteiger partial charge in [-0.25, -0.2) is 4.39 Å². The van der Waals surface area contributed by atoms with Crippen LogP contribution in [0.3, 0.4) is 0 Å². The lowest BCUT2D eigenvalue weighted by Gasteiger charge is -2.34. The molecule has 3 heterocycles. The molecule has 0 aliphatic carbocycles. The molecule has 0 saturated carbocycles. The molecule has 4 rings (SSSR count). The van der Waals surface area contributed by atoms with Crippen molar-refractivity contribution in [1.82, 2.24) is 15.2 Å². The number of nitrogens with zero attached hydrogens (tertiary/aromatic N) is 1. The number of H-pyrrole nitrogens is 1. The minimum Gasteiger partial charge on any atom is -0.396 e. The Morgan fingerprint density at radius 2 is 2.22 bits per heavy atom. The quantitative estimate of drug-likeness (QED) is 0.728. The molecule has 3 atom stereocenters. The number of carbonyl (C=O) groups is 1. The fourth-order valence-corrected chi connectivity index (χ4v) is 4.05. The molecule has 8 heteroatoms. The van der Waals surface area contributed by atoms with Crippen LogP contribution in [0.4, 0.5) is 4.39 Å². The predicted octanol–water partition coefficient (Wildman–Crippen LogP) is 0.621. The molecule has 1 amide bonds. The van der Waals surface area contributed by atoms with Gasteiger partial charge in [0.2, 0.25) is 5.56 Å². The van der Waals surface area contributed by atoms with Crippen LogP contribution in [0.2, 0.25) is 0 Å². The summed E-state index contributed by atoms with van der Waals surface area (Å²) in [6.45, 7) is 2.13. The zero-order valence-corrected chi connectivity index (χ0v) is 14.8. The molecule has 2 aromatic rings. The van der Waals surface area contributed by atoms with Crippen molar-refractivity contribution in [2.75, 3.05) is 26.3 Å². The van der Waals surface area contributed by atoms with Crippen molar-refractivity contribution in [2.45, 2.75) is 31.0 Å². The average molecular weight is 375 g/mol. The Hall–Kier alpha value is -2.29. The maximum atomic E-state index is 13.4. The summed E-state index contributed by atoms with van der Waals surface area (Å²) >= 11 is 0. The van der Waals surface area contributed by atoms with E-state index in [9.17, 15) is 14.0 Å². The normalized spacial score (nSPS) is 25.5. The first-order valence-electron chi connectivity index (χ1n) is 9.13. The van der Waals surface area contributed by atoms with Crippen LogP contribution in [0.1, 0.15) is 23.2 Å². The molecule has 27 heavy (non-hydrogen) atoms. The van der Waals surface area contributed by atoms with E-state index < -0.39 is 11.4 Å². The third-order valence-electron chi connectivity index (χ3n) is 5.33. The summed E-state index contributed by atoms with van der Waals surface area (Å²) in [5.41, 5.74) is 0.104. The van der Waals surface area contributed by atoms with Crippen molar-refractivity contribution in [3.63, 3.8) is 0 Å². The zero-order valence-electron chi connectivity index (χ0n) is 14.8. The Kier molecular flexibility index (Phi) is 4.94. The SMILES string of the molecule is O=C(N[C@H]1C[C@H]2CO[C@@H](CCO)CN2C1)c1cc(=O)[nH]c2cc(F)ccc12. The largest absolute Gasteiger partial charge is 0.396 e. The standard InChI is InChI=1S/C19H22FN3O4/c20-11-1-2-15-16(7-18(25)22-17(15)5-11)19(26)21-12-6-13-10-27-14(3-4-24)9-23(13)8-12/h1-2,5,7,12-14,24H,3-4,6,8-10H2,(H,21,26)(H,22,25)/t12-,13-,14-/m0/s1. The number of morpholine rings is 1. The van der Waals surface area contributed by atoms with Crippen LogP contribution in [-0.4, -0.2) is 65.4 Å². The third-order valence-corrected chi connectivity index (χ3v) is 5.33. The van der Waals surface area contributed by atoms with Crippen LogP contribution in [0.25, 0.3) is 10.9 Å². The number of fused-ring (bicyclic) bond motifs is 2. The van der Waals surface area contributed by atoms with Crippen LogP contribution in [0.15, 0.2) is 29.1 Å². The van der Waals surface area contributed by atoms with Crippen molar-refractivity contribution in [3.8, 4) is 0 Å². The molecular weight excluding hydrogens is 353 g/mol. The van der Waals surface area contributed by atoms with E-state index in [1.807, 2.05) is 0 Å². The first-order valence-corrected chi connectivity index (χ1v) is 9.13. The monoisotopic (exact) mass is 375 g/mol. The lowest BCUT2D eigenvalue weighted by Crippen LogP contribution is -2.46. The number of carbonyl (C=O) groups excluding carboxylic acids is 1. The topological polar surface area (TPSA) is 94.7 Å². The van der Waals surface area contributed by atoms with Crippen LogP contribution >= 0.6 is 0 Å². The highest BCUT2D eigenvalue weighted by Gasteiger charge is 2.37. The van der Waals surface area contributed by atoms with Crippen LogP contribution in [0.5, 0.6) is 0 Å². The Morgan fingerprint density at radius 3 is 3.04 bits per heavy atom. The van der Waals surface area contributed by atoms with Crippen molar-refractivity contribution in [3.05, 3.63) is 46.0 Å². The van der Waals surface area contributed by atoms with Crippen molar-refractivity contribution in [2.24, 2.45) is 0 Å². The van der Waals surface area contributed by atoms with Gasteiger partial charge in [0, 0.05) is 43.2 Å². The molecule has 0 spiro atoms. The van der Waals surface area contributed by atoms with E-state index in [1.54, 1.807) is 0 Å². The number of aromatic amines is 1. The molecule has 0 bridgehead atoms. The second-order valence-electron chi connectivity index (χ2n) is 7.22. The molecule has 1 aromatic carbocycles. The fourth-order valence-electron chi connectivity index (χ4n) is 4.05. The minimum absolute atomic E-state index is 0.0206. The van der Waals surface area contributed by atoms with Gasteiger partial charge in [-0.1, -0.05) is 0 Å². The maximum absolute atomic E-state index is 13.4. The molecule has 2 aliphatic rings. The van der Waals surface area contributed by atoms with Crippen molar-refractivity contribution in [1.29, 1.82) is 0 Å². The molecule has 2 saturated heterocycles. The number of hydrogen-bond acceptors (Lipinski definition) is 5. The number of benzene rings is 1. The summed E-state index contributed by atoms with van der Waals surface area (Å²) in [5.74, 6) is -0.809. The fraction of sp³-hybridized carbons (Fsp3) is 0.474. The smallest absolute Gasteiger partial charge is 0.252 e. The molecule has 2 fully saturated rings. The highest BCUT2D eigenvalue weighted by atomic mass is 19.1. The number of aliphatic hydroxyl groups is 1. The molecule has 144 valence electrons. The van der Waals surface area contributed by atoms with Gasteiger partial charge in [-0.2, -0.15) is 0 Å². The van der Waals surface area contributed by atoms with Gasteiger partial charge in [0.15, 0.2) is 0 Å². The minimum atomic E-state index is -0.471. The molecular formula is C19H22FN3O4. The molecule has 7 nitrogen and oxygen atoms in total. The van der Waals surface area contributed by atoms with Gasteiger partial charge in [-0.15, -0.1) is 0 Å². The van der Waals surface area contributed by atoms with E-state index in [1.165, 1.54) is 24.3 Å². The third kappa shape index (κ3) is 3.73. The number of pyridine rings is 1. The Bertz CT molecular complexity index is 915. The van der Waals surface area contributed by atoms with Crippen LogP contribution in [-0.2, 0) is 4.74 Å². The van der Waals surface area contributed by atoms with Crippen LogP contribution < -0.4 is 10.9 Å². The zero-order chi connectivity index (χ0) is 19.0. The first kappa shape index (κ1) is 18.1. The number of aliphatic hydroxyl groups excluding tert-OH is 1. The number of halogens is 1. The molecule has 1 aromatic heterocycles. The van der Waals surface area contributed by atoms with Gasteiger partial charge in [0.05, 0.1) is 23.8 Å². The summed E-state index contributed by atoms with van der Waals surface area (Å²) in [5, 5.41) is 12.6. The molecule has 2 aliphatic heterocycles. The maximum Gasteiger partial charge on any atom is 0.252 e. The number of amides is 1. The number of hydrogen-bond donors (Lipinski definition) is 3. The number of nitrogens with one attached hydrogen (secondary N) is 2. The van der Waals surface area contributed by atoms with Crippen molar-refractivity contribution >= 4 is 16.8 Å². The van der Waals surface area contributed by atoms with Gasteiger partial charge in [-0.3, -0.25) is 14.5 Å². The van der Waals surface area contributed by atoms with E-state index in [4.69, 9.17) is 9.84 Å². The Balaban J connectivity index is 1.49. The van der Waals surface area contributed by atoms with Gasteiger partial charge in [-0.05, 0) is 31.0 Å².